The monoisotopic (exact) mass is 292 g/mol. The maximum atomic E-state index is 13.8. The largest absolute Gasteiger partial charge is 0.384 e. The Kier molecular flexibility index (Phi) is 9.52. The fourth-order valence-electron chi connectivity index (χ4n) is 2.05. The van der Waals surface area contributed by atoms with Crippen molar-refractivity contribution in [2.45, 2.75) is 52.1 Å². The topological polar surface area (TPSA) is 29.5 Å². The highest BCUT2D eigenvalue weighted by atomic mass is 19.1. The van der Waals surface area contributed by atoms with Crippen LogP contribution in [0.25, 0.3) is 0 Å². The van der Waals surface area contributed by atoms with Gasteiger partial charge in [-0.15, -0.1) is 0 Å². The van der Waals surface area contributed by atoms with Crippen molar-refractivity contribution in [3.05, 3.63) is 35.1 Å². The van der Waals surface area contributed by atoms with E-state index < -0.39 is 0 Å². The van der Waals surface area contributed by atoms with E-state index in [2.05, 4.69) is 18.8 Å². The summed E-state index contributed by atoms with van der Waals surface area (Å²) >= 11 is 0. The molecule has 0 atom stereocenters. The molecule has 0 unspecified atom stereocenters. The summed E-state index contributed by atoms with van der Waals surface area (Å²) in [7, 11) is 0. The molecule has 0 aliphatic heterocycles. The van der Waals surface area contributed by atoms with Crippen molar-refractivity contribution < 1.29 is 14.2 Å². The molecule has 1 aromatic rings. The van der Waals surface area contributed by atoms with E-state index in [0.29, 0.717) is 24.3 Å². The van der Waals surface area contributed by atoms with Crippen LogP contribution in [0.3, 0.4) is 0 Å². The van der Waals surface area contributed by atoms with Gasteiger partial charge in [0.15, 0.2) is 0 Å². The molecular weight excluding hydrogens is 267 g/mol. The van der Waals surface area contributed by atoms with E-state index in [0.717, 1.165) is 6.42 Å². The summed E-state index contributed by atoms with van der Waals surface area (Å²) in [6.45, 7) is 2.97. The smallest absolute Gasteiger partial charge is 0.129 e. The van der Waals surface area contributed by atoms with Crippen LogP contribution >= 0.6 is 0 Å². The van der Waals surface area contributed by atoms with E-state index >= 15 is 0 Å². The summed E-state index contributed by atoms with van der Waals surface area (Å²) in [4.78, 5) is 0. The standard InChI is InChI=1S/C18H25FO2/c1-2-3-4-5-6-7-13-21-15-17-11-10-16(9-8-12-20)14-18(17)19/h10-11,14,20H,2-7,12-13,15H2,1H3. The van der Waals surface area contributed by atoms with Crippen molar-refractivity contribution in [1.29, 1.82) is 0 Å². The lowest BCUT2D eigenvalue weighted by Gasteiger charge is -2.06. The minimum absolute atomic E-state index is 0.218. The first kappa shape index (κ1) is 17.7. The Bertz CT molecular complexity index is 460. The van der Waals surface area contributed by atoms with Crippen molar-refractivity contribution in [1.82, 2.24) is 0 Å². The van der Waals surface area contributed by atoms with Gasteiger partial charge < -0.3 is 9.84 Å². The van der Waals surface area contributed by atoms with Gasteiger partial charge in [-0.05, 0) is 18.6 Å². The molecule has 1 N–H and O–H groups in total. The molecule has 0 saturated heterocycles. The zero-order valence-electron chi connectivity index (χ0n) is 12.8. The van der Waals surface area contributed by atoms with Gasteiger partial charge in [-0.2, -0.15) is 0 Å². The van der Waals surface area contributed by atoms with Crippen molar-refractivity contribution in [3.8, 4) is 11.8 Å². The minimum atomic E-state index is -0.303. The van der Waals surface area contributed by atoms with Gasteiger partial charge in [0.1, 0.15) is 12.4 Å². The third-order valence-electron chi connectivity index (χ3n) is 3.26. The number of ether oxygens (including phenoxy) is 1. The van der Waals surface area contributed by atoms with Crippen LogP contribution in [0.5, 0.6) is 0 Å². The second kappa shape index (κ2) is 11.3. The number of halogens is 1. The molecule has 0 radical (unpaired) electrons. The molecule has 2 nitrogen and oxygen atoms in total. The van der Waals surface area contributed by atoms with Crippen LogP contribution in [0.4, 0.5) is 4.39 Å². The Hall–Kier alpha value is -1.37. The molecule has 3 heteroatoms. The fraction of sp³-hybridized carbons (Fsp3) is 0.556. The third-order valence-corrected chi connectivity index (χ3v) is 3.26. The maximum absolute atomic E-state index is 13.8. The summed E-state index contributed by atoms with van der Waals surface area (Å²) in [5, 5.41) is 8.60. The highest BCUT2D eigenvalue weighted by molar-refractivity contribution is 5.36. The van der Waals surface area contributed by atoms with Crippen molar-refractivity contribution >= 4 is 0 Å². The van der Waals surface area contributed by atoms with Crippen molar-refractivity contribution in [2.75, 3.05) is 13.2 Å². The van der Waals surface area contributed by atoms with Crippen LogP contribution in [0.2, 0.25) is 0 Å². The average Bonchev–Trinajstić information content (AvgIpc) is 2.49. The number of benzene rings is 1. The van der Waals surface area contributed by atoms with Crippen LogP contribution in [0, 0.1) is 17.7 Å². The van der Waals surface area contributed by atoms with Crippen LogP contribution in [-0.4, -0.2) is 18.3 Å². The van der Waals surface area contributed by atoms with Crippen LogP contribution in [-0.2, 0) is 11.3 Å². The third kappa shape index (κ3) is 7.84. The van der Waals surface area contributed by atoms with Gasteiger partial charge in [0.05, 0.1) is 6.61 Å². The Balaban J connectivity index is 2.23. The van der Waals surface area contributed by atoms with E-state index in [-0.39, 0.29) is 12.4 Å². The molecular formula is C18H25FO2. The summed E-state index contributed by atoms with van der Waals surface area (Å²) < 4.78 is 19.3. The molecule has 0 heterocycles. The minimum Gasteiger partial charge on any atom is -0.384 e. The first-order valence-corrected chi connectivity index (χ1v) is 7.73. The van der Waals surface area contributed by atoms with Crippen LogP contribution in [0.1, 0.15) is 56.6 Å². The second-order valence-electron chi connectivity index (χ2n) is 5.09. The highest BCUT2D eigenvalue weighted by Gasteiger charge is 2.03. The first-order valence-electron chi connectivity index (χ1n) is 7.73. The number of hydrogen-bond donors (Lipinski definition) is 1. The Morgan fingerprint density at radius 1 is 1.14 bits per heavy atom. The van der Waals surface area contributed by atoms with Crippen molar-refractivity contribution in [2.24, 2.45) is 0 Å². The maximum Gasteiger partial charge on any atom is 0.129 e. The van der Waals surface area contributed by atoms with Gasteiger partial charge in [0.2, 0.25) is 0 Å². The van der Waals surface area contributed by atoms with E-state index in [1.54, 1.807) is 12.1 Å². The Morgan fingerprint density at radius 3 is 2.62 bits per heavy atom. The van der Waals surface area contributed by atoms with E-state index in [9.17, 15) is 4.39 Å². The molecule has 0 aromatic heterocycles. The normalized spacial score (nSPS) is 10.2. The molecule has 0 aliphatic rings. The summed E-state index contributed by atoms with van der Waals surface area (Å²) in [5.74, 6) is 4.88. The lowest BCUT2D eigenvalue weighted by molar-refractivity contribution is 0.114. The second-order valence-corrected chi connectivity index (χ2v) is 5.09. The van der Waals surface area contributed by atoms with E-state index in [4.69, 9.17) is 9.84 Å². The molecule has 0 saturated carbocycles. The Morgan fingerprint density at radius 2 is 1.90 bits per heavy atom. The van der Waals surface area contributed by atoms with Crippen molar-refractivity contribution in [3.63, 3.8) is 0 Å². The summed E-state index contributed by atoms with van der Waals surface area (Å²) in [6, 6.07) is 4.82. The molecule has 0 amide bonds. The summed E-state index contributed by atoms with van der Waals surface area (Å²) in [5.41, 5.74) is 1.12. The molecule has 1 aromatic carbocycles. The molecule has 0 bridgehead atoms. The van der Waals surface area contributed by atoms with E-state index in [1.807, 2.05) is 0 Å². The molecule has 21 heavy (non-hydrogen) atoms. The number of aliphatic hydroxyl groups is 1. The quantitative estimate of drug-likeness (QED) is 0.549. The van der Waals surface area contributed by atoms with Crippen LogP contribution < -0.4 is 0 Å². The lowest BCUT2D eigenvalue weighted by Crippen LogP contribution is -1.98. The summed E-state index contributed by atoms with van der Waals surface area (Å²) in [6.07, 6.45) is 7.32. The number of hydrogen-bond acceptors (Lipinski definition) is 2. The molecule has 0 fully saturated rings. The molecule has 0 spiro atoms. The van der Waals surface area contributed by atoms with Gasteiger partial charge in [-0.25, -0.2) is 4.39 Å². The number of unbranched alkanes of at least 4 members (excludes halogenated alkanes) is 5. The zero-order chi connectivity index (χ0) is 15.3. The molecule has 0 aliphatic carbocycles. The zero-order valence-corrected chi connectivity index (χ0v) is 12.8. The average molecular weight is 292 g/mol. The van der Waals surface area contributed by atoms with Gasteiger partial charge in [-0.3, -0.25) is 0 Å². The number of rotatable bonds is 9. The SMILES string of the molecule is CCCCCCCCOCc1ccc(C#CCO)cc1F. The predicted molar refractivity (Wildman–Crippen MR) is 83.4 cm³/mol. The van der Waals surface area contributed by atoms with Gasteiger partial charge in [0, 0.05) is 17.7 Å². The first-order chi connectivity index (χ1) is 10.3. The van der Waals surface area contributed by atoms with Gasteiger partial charge >= 0.3 is 0 Å². The molecule has 116 valence electrons. The lowest BCUT2D eigenvalue weighted by atomic mass is 10.1. The number of aliphatic hydroxyl groups excluding tert-OH is 1. The van der Waals surface area contributed by atoms with Gasteiger partial charge in [-0.1, -0.05) is 56.9 Å². The van der Waals surface area contributed by atoms with Gasteiger partial charge in [0.25, 0.3) is 0 Å². The molecule has 1 rings (SSSR count). The fourth-order valence-corrected chi connectivity index (χ4v) is 2.05. The highest BCUT2D eigenvalue weighted by Crippen LogP contribution is 2.12. The predicted octanol–water partition coefficient (Wildman–Crippen LogP) is 4.05. The van der Waals surface area contributed by atoms with Crippen LogP contribution in [0.15, 0.2) is 18.2 Å². The van der Waals surface area contributed by atoms with E-state index in [1.165, 1.54) is 38.2 Å². The Labute approximate surface area is 127 Å².